The van der Waals surface area contributed by atoms with Gasteiger partial charge in [0, 0.05) is 31.8 Å². The molecule has 3 N–H and O–H groups in total. The lowest BCUT2D eigenvalue weighted by Gasteiger charge is -2.29. The number of nitrogens with two attached hydrogens (primary N) is 1. The molecule has 184 valence electrons. The van der Waals surface area contributed by atoms with Crippen LogP contribution in [0.2, 0.25) is 0 Å². The van der Waals surface area contributed by atoms with Gasteiger partial charge < -0.3 is 5.73 Å². The Morgan fingerprint density at radius 2 is 1.59 bits per heavy atom. The molecule has 32 heavy (non-hydrogen) atoms. The molecule has 0 aliphatic rings. The van der Waals surface area contributed by atoms with Crippen LogP contribution in [0.25, 0.3) is 0 Å². The van der Waals surface area contributed by atoms with Gasteiger partial charge in [0.2, 0.25) is 10.0 Å². The summed E-state index contributed by atoms with van der Waals surface area (Å²) in [6.07, 6.45) is 4.67. The van der Waals surface area contributed by atoms with Crippen LogP contribution < -0.4 is 10.5 Å². The molecule has 0 radical (unpaired) electrons. The first kappa shape index (κ1) is 28.6. The lowest BCUT2D eigenvalue weighted by atomic mass is 10.1. The number of non-ortho nitro benzene ring substituents is 1. The zero-order chi connectivity index (χ0) is 24.0. The van der Waals surface area contributed by atoms with Crippen LogP contribution in [-0.2, 0) is 23.6 Å². The predicted molar refractivity (Wildman–Crippen MR) is 123 cm³/mol. The highest BCUT2D eigenvalue weighted by Gasteiger charge is 2.32. The van der Waals surface area contributed by atoms with Crippen molar-refractivity contribution in [2.45, 2.75) is 50.8 Å². The predicted octanol–water partition coefficient (Wildman–Crippen LogP) is 3.27. The SMILES string of the molecule is CCOP(=O)(OCC)N(CCCCCCCN)CCNS(=O)(=O)c1ccc([N+](=O)[O-])cc1. The van der Waals surface area contributed by atoms with E-state index in [-0.39, 0.29) is 36.9 Å². The highest BCUT2D eigenvalue weighted by atomic mass is 32.2. The molecule has 0 heterocycles. The first-order valence-electron chi connectivity index (χ1n) is 10.8. The van der Waals surface area contributed by atoms with Crippen molar-refractivity contribution in [1.29, 1.82) is 0 Å². The topological polar surface area (TPSA) is 154 Å². The molecule has 0 aliphatic carbocycles. The normalized spacial score (nSPS) is 12.4. The molecule has 0 fully saturated rings. The maximum Gasteiger partial charge on any atom is 0.408 e. The van der Waals surface area contributed by atoms with Crippen LogP contribution in [0.1, 0.15) is 46.0 Å². The van der Waals surface area contributed by atoms with Gasteiger partial charge in [0.15, 0.2) is 0 Å². The molecule has 1 rings (SSSR count). The van der Waals surface area contributed by atoms with Gasteiger partial charge in [-0.15, -0.1) is 0 Å². The van der Waals surface area contributed by atoms with Crippen LogP contribution >= 0.6 is 7.75 Å². The summed E-state index contributed by atoms with van der Waals surface area (Å²) in [7, 11) is -7.45. The van der Waals surface area contributed by atoms with Crippen molar-refractivity contribution in [2.75, 3.05) is 39.4 Å². The maximum absolute atomic E-state index is 13.2. The van der Waals surface area contributed by atoms with Gasteiger partial charge in [0.05, 0.1) is 23.0 Å². The van der Waals surface area contributed by atoms with Gasteiger partial charge in [-0.05, 0) is 45.4 Å². The fourth-order valence-corrected chi connectivity index (χ4v) is 5.80. The molecule has 1 aromatic rings. The van der Waals surface area contributed by atoms with Crippen molar-refractivity contribution in [3.8, 4) is 0 Å². The minimum Gasteiger partial charge on any atom is -0.330 e. The van der Waals surface area contributed by atoms with Gasteiger partial charge in [0.25, 0.3) is 5.69 Å². The smallest absolute Gasteiger partial charge is 0.330 e. The fraction of sp³-hybridized carbons (Fsp3) is 0.684. The Kier molecular flexibility index (Phi) is 13.1. The Hall–Kier alpha value is -1.40. The van der Waals surface area contributed by atoms with Crippen molar-refractivity contribution < 1.29 is 27.0 Å². The molecule has 0 atom stereocenters. The number of unbranched alkanes of at least 4 members (excludes halogenated alkanes) is 4. The first-order chi connectivity index (χ1) is 15.2. The van der Waals surface area contributed by atoms with Crippen LogP contribution in [-0.4, -0.2) is 57.4 Å². The molecule has 13 heteroatoms. The highest BCUT2D eigenvalue weighted by Crippen LogP contribution is 2.51. The number of hydrogen-bond acceptors (Lipinski definition) is 8. The largest absolute Gasteiger partial charge is 0.408 e. The van der Waals surface area contributed by atoms with E-state index in [0.29, 0.717) is 13.1 Å². The molecule has 11 nitrogen and oxygen atoms in total. The molecule has 0 unspecified atom stereocenters. The van der Waals surface area contributed by atoms with Crippen molar-refractivity contribution in [1.82, 2.24) is 9.39 Å². The Labute approximate surface area is 190 Å². The lowest BCUT2D eigenvalue weighted by molar-refractivity contribution is -0.384. The summed E-state index contributed by atoms with van der Waals surface area (Å²) < 4.78 is 53.1. The number of nitrogens with one attached hydrogen (secondary N) is 1. The lowest BCUT2D eigenvalue weighted by Crippen LogP contribution is -2.35. The summed E-state index contributed by atoms with van der Waals surface area (Å²) in [5.74, 6) is 0. The third kappa shape index (κ3) is 9.62. The molecular formula is C19H35N4O7PS. The molecule has 1 aromatic carbocycles. The zero-order valence-corrected chi connectivity index (χ0v) is 20.5. The number of benzene rings is 1. The minimum atomic E-state index is -3.89. The Balaban J connectivity index is 2.78. The van der Waals surface area contributed by atoms with Gasteiger partial charge in [-0.3, -0.25) is 19.2 Å². The molecule has 0 amide bonds. The molecule has 0 bridgehead atoms. The number of nitro groups is 1. The molecular weight excluding hydrogens is 459 g/mol. The standard InChI is InChI=1S/C19H35N4O7PS/c1-3-29-31(26,30-4-2)22(16-9-7-5-6-8-14-20)17-15-21-32(27,28)19-12-10-18(11-13-19)23(24)25/h10-13,21H,3-9,14-17,20H2,1-2H3. The Morgan fingerprint density at radius 3 is 2.12 bits per heavy atom. The van der Waals surface area contributed by atoms with Crippen molar-refractivity contribution in [3.05, 3.63) is 34.4 Å². The Bertz CT molecular complexity index is 827. The van der Waals surface area contributed by atoms with E-state index in [1.165, 1.54) is 12.1 Å². The van der Waals surface area contributed by atoms with E-state index in [4.69, 9.17) is 14.8 Å². The number of sulfonamides is 1. The van der Waals surface area contributed by atoms with E-state index < -0.39 is 22.7 Å². The summed E-state index contributed by atoms with van der Waals surface area (Å²) in [5.41, 5.74) is 5.31. The molecule has 0 saturated heterocycles. The van der Waals surface area contributed by atoms with Gasteiger partial charge in [-0.1, -0.05) is 19.3 Å². The highest BCUT2D eigenvalue weighted by molar-refractivity contribution is 7.89. The van der Waals surface area contributed by atoms with E-state index in [0.717, 1.165) is 44.2 Å². The van der Waals surface area contributed by atoms with Crippen molar-refractivity contribution in [3.63, 3.8) is 0 Å². The number of nitrogens with zero attached hydrogens (tertiary/aromatic N) is 2. The maximum atomic E-state index is 13.2. The fourth-order valence-electron chi connectivity index (χ4n) is 2.99. The molecule has 0 aliphatic heterocycles. The van der Waals surface area contributed by atoms with E-state index >= 15 is 0 Å². The van der Waals surface area contributed by atoms with Crippen LogP contribution in [0.5, 0.6) is 0 Å². The van der Waals surface area contributed by atoms with Crippen LogP contribution in [0.4, 0.5) is 5.69 Å². The van der Waals surface area contributed by atoms with Crippen molar-refractivity contribution >= 4 is 23.5 Å². The number of rotatable bonds is 18. The minimum absolute atomic E-state index is 0.0311. The van der Waals surface area contributed by atoms with Gasteiger partial charge in [-0.2, -0.15) is 0 Å². The third-order valence-corrected chi connectivity index (χ3v) is 8.31. The number of hydrogen-bond donors (Lipinski definition) is 2. The van der Waals surface area contributed by atoms with E-state index in [9.17, 15) is 23.1 Å². The Morgan fingerprint density at radius 1 is 1.03 bits per heavy atom. The van der Waals surface area contributed by atoms with Crippen LogP contribution in [0, 0.1) is 10.1 Å². The molecule has 0 spiro atoms. The summed E-state index contributed by atoms with van der Waals surface area (Å²) >= 11 is 0. The molecule has 0 saturated carbocycles. The van der Waals surface area contributed by atoms with E-state index in [1.807, 2.05) is 0 Å². The van der Waals surface area contributed by atoms with Gasteiger partial charge >= 0.3 is 7.75 Å². The quantitative estimate of drug-likeness (QED) is 0.135. The second kappa shape index (κ2) is 14.7. The zero-order valence-electron chi connectivity index (χ0n) is 18.8. The van der Waals surface area contributed by atoms with E-state index in [1.54, 1.807) is 18.5 Å². The monoisotopic (exact) mass is 494 g/mol. The first-order valence-corrected chi connectivity index (χ1v) is 13.8. The van der Waals surface area contributed by atoms with Gasteiger partial charge in [0.1, 0.15) is 0 Å². The van der Waals surface area contributed by atoms with E-state index in [2.05, 4.69) is 4.72 Å². The average Bonchev–Trinajstić information content (AvgIpc) is 2.75. The summed E-state index contributed by atoms with van der Waals surface area (Å²) in [6.45, 7) is 4.99. The van der Waals surface area contributed by atoms with Gasteiger partial charge in [-0.25, -0.2) is 22.4 Å². The van der Waals surface area contributed by atoms with Crippen molar-refractivity contribution in [2.24, 2.45) is 5.73 Å². The second-order valence-corrected chi connectivity index (χ2v) is 10.7. The molecule has 0 aromatic heterocycles. The van der Waals surface area contributed by atoms with Crippen LogP contribution in [0.3, 0.4) is 0 Å². The number of nitro benzene ring substituents is 1. The average molecular weight is 495 g/mol. The third-order valence-electron chi connectivity index (χ3n) is 4.57. The summed E-state index contributed by atoms with van der Waals surface area (Å²) in [5, 5.41) is 10.7. The summed E-state index contributed by atoms with van der Waals surface area (Å²) in [6, 6.07) is 4.60. The second-order valence-electron chi connectivity index (χ2n) is 6.96. The summed E-state index contributed by atoms with van der Waals surface area (Å²) in [4.78, 5) is 10.1. The van der Waals surface area contributed by atoms with Crippen LogP contribution in [0.15, 0.2) is 29.2 Å².